The molecule has 0 unspecified atom stereocenters. The van der Waals surface area contributed by atoms with Crippen LogP contribution in [-0.2, 0) is 19.3 Å². The number of aryl methyl sites for hydroxylation is 2. The summed E-state index contributed by atoms with van der Waals surface area (Å²) in [6, 6.07) is 13.6. The minimum Gasteiger partial charge on any atom is -0.0620 e. The number of rotatable bonds is 3. The van der Waals surface area contributed by atoms with E-state index in [1.54, 1.807) is 5.57 Å². The van der Waals surface area contributed by atoms with Crippen molar-refractivity contribution in [2.45, 2.75) is 53.9 Å². The maximum atomic E-state index is 2.47. The molecule has 2 aromatic rings. The molecular formula is C23H28. The molecule has 1 aliphatic carbocycles. The third-order valence-electron chi connectivity index (χ3n) is 5.13. The lowest BCUT2D eigenvalue weighted by atomic mass is 9.85. The van der Waals surface area contributed by atoms with Crippen LogP contribution in [0.5, 0.6) is 0 Å². The van der Waals surface area contributed by atoms with Crippen LogP contribution in [0.25, 0.3) is 17.2 Å². The maximum Gasteiger partial charge on any atom is -0.00523 e. The van der Waals surface area contributed by atoms with Gasteiger partial charge < -0.3 is 0 Å². The summed E-state index contributed by atoms with van der Waals surface area (Å²) in [5.41, 5.74) is 10.6. The second-order valence-corrected chi connectivity index (χ2v) is 7.63. The Morgan fingerprint density at radius 3 is 2.22 bits per heavy atom. The summed E-state index contributed by atoms with van der Waals surface area (Å²) in [4.78, 5) is 0. The van der Waals surface area contributed by atoms with E-state index in [1.165, 1.54) is 33.4 Å². The van der Waals surface area contributed by atoms with Crippen LogP contribution in [0.3, 0.4) is 0 Å². The van der Waals surface area contributed by atoms with E-state index in [-0.39, 0.29) is 5.41 Å². The van der Waals surface area contributed by atoms with Crippen molar-refractivity contribution in [1.82, 2.24) is 0 Å². The molecule has 0 radical (unpaired) electrons. The third-order valence-corrected chi connectivity index (χ3v) is 5.13. The molecule has 0 nitrogen and oxygen atoms in total. The molecule has 0 heterocycles. The molecule has 0 saturated carbocycles. The first-order valence-electron chi connectivity index (χ1n) is 8.89. The molecule has 0 atom stereocenters. The van der Waals surface area contributed by atoms with Crippen molar-refractivity contribution in [3.63, 3.8) is 0 Å². The highest BCUT2D eigenvalue weighted by atomic mass is 14.3. The highest BCUT2D eigenvalue weighted by molar-refractivity contribution is 5.84. The van der Waals surface area contributed by atoms with Crippen molar-refractivity contribution < 1.29 is 0 Å². The Balaban J connectivity index is 2.26. The van der Waals surface area contributed by atoms with Gasteiger partial charge in [0.25, 0.3) is 0 Å². The standard InChI is InChI=1S/C23H28/c1-6-16-10-8-9-11-20(16)22-17(7-2)12-13-18-14-19(15-21(18)22)23(3,4)5/h8-13,15H,6-7,14H2,1-5H3. The zero-order valence-corrected chi connectivity index (χ0v) is 15.2. The second kappa shape index (κ2) is 6.00. The fourth-order valence-electron chi connectivity index (χ4n) is 3.62. The highest BCUT2D eigenvalue weighted by Crippen LogP contribution is 2.42. The largest absolute Gasteiger partial charge is 0.0620 e. The Bertz CT molecular complexity index is 754. The Morgan fingerprint density at radius 1 is 0.870 bits per heavy atom. The SMILES string of the molecule is CCc1ccccc1-c1c(CC)ccc2c1C=C(C(C)(C)C)C2. The van der Waals surface area contributed by atoms with Gasteiger partial charge in [0.2, 0.25) is 0 Å². The van der Waals surface area contributed by atoms with E-state index < -0.39 is 0 Å². The van der Waals surface area contributed by atoms with E-state index >= 15 is 0 Å². The summed E-state index contributed by atoms with van der Waals surface area (Å²) in [7, 11) is 0. The van der Waals surface area contributed by atoms with Gasteiger partial charge in [-0.15, -0.1) is 0 Å². The molecule has 2 aromatic carbocycles. The van der Waals surface area contributed by atoms with Gasteiger partial charge in [0, 0.05) is 0 Å². The maximum absolute atomic E-state index is 2.47. The molecule has 0 heteroatoms. The fourth-order valence-corrected chi connectivity index (χ4v) is 3.62. The van der Waals surface area contributed by atoms with Crippen molar-refractivity contribution >= 4 is 6.08 Å². The topological polar surface area (TPSA) is 0 Å². The van der Waals surface area contributed by atoms with E-state index in [9.17, 15) is 0 Å². The van der Waals surface area contributed by atoms with E-state index in [4.69, 9.17) is 0 Å². The molecular weight excluding hydrogens is 276 g/mol. The van der Waals surface area contributed by atoms with Crippen LogP contribution in [0.15, 0.2) is 42.0 Å². The number of fused-ring (bicyclic) bond motifs is 1. The first-order valence-corrected chi connectivity index (χ1v) is 8.89. The van der Waals surface area contributed by atoms with Gasteiger partial charge in [-0.05, 0) is 58.1 Å². The smallest absolute Gasteiger partial charge is 0.00523 e. The molecule has 0 spiro atoms. The number of benzene rings is 2. The van der Waals surface area contributed by atoms with Crippen LogP contribution in [0.2, 0.25) is 0 Å². The van der Waals surface area contributed by atoms with Crippen LogP contribution in [0, 0.1) is 5.41 Å². The zero-order chi connectivity index (χ0) is 16.6. The van der Waals surface area contributed by atoms with Crippen LogP contribution >= 0.6 is 0 Å². The van der Waals surface area contributed by atoms with Crippen molar-refractivity contribution in [3.05, 3.63) is 64.2 Å². The Morgan fingerprint density at radius 2 is 1.57 bits per heavy atom. The van der Waals surface area contributed by atoms with E-state index in [0.717, 1.165) is 19.3 Å². The van der Waals surface area contributed by atoms with Crippen molar-refractivity contribution in [3.8, 4) is 11.1 Å². The van der Waals surface area contributed by atoms with Crippen LogP contribution in [-0.4, -0.2) is 0 Å². The molecule has 23 heavy (non-hydrogen) atoms. The van der Waals surface area contributed by atoms with Gasteiger partial charge in [0.1, 0.15) is 0 Å². The van der Waals surface area contributed by atoms with Gasteiger partial charge in [-0.25, -0.2) is 0 Å². The van der Waals surface area contributed by atoms with Gasteiger partial charge in [0.15, 0.2) is 0 Å². The highest BCUT2D eigenvalue weighted by Gasteiger charge is 2.26. The molecule has 0 amide bonds. The summed E-state index contributed by atoms with van der Waals surface area (Å²) in [6.07, 6.45) is 5.73. The second-order valence-electron chi connectivity index (χ2n) is 7.63. The van der Waals surface area contributed by atoms with Crippen molar-refractivity contribution in [2.24, 2.45) is 5.41 Å². The molecule has 1 aliphatic rings. The normalized spacial score (nSPS) is 13.9. The number of allylic oxidation sites excluding steroid dienone is 1. The van der Waals surface area contributed by atoms with Gasteiger partial charge in [-0.2, -0.15) is 0 Å². The minimum atomic E-state index is 0.243. The molecule has 0 saturated heterocycles. The predicted molar refractivity (Wildman–Crippen MR) is 102 cm³/mol. The molecule has 0 fully saturated rings. The first kappa shape index (κ1) is 16.1. The van der Waals surface area contributed by atoms with Gasteiger partial charge in [-0.1, -0.05) is 82.7 Å². The lowest BCUT2D eigenvalue weighted by Crippen LogP contribution is -2.08. The van der Waals surface area contributed by atoms with Gasteiger partial charge in [0.05, 0.1) is 0 Å². The Hall–Kier alpha value is -1.82. The summed E-state index contributed by atoms with van der Waals surface area (Å²) >= 11 is 0. The lowest BCUT2D eigenvalue weighted by Gasteiger charge is -2.19. The predicted octanol–water partition coefficient (Wildman–Crippen LogP) is 6.46. The Kier molecular flexibility index (Phi) is 4.19. The van der Waals surface area contributed by atoms with Crippen LogP contribution < -0.4 is 0 Å². The minimum absolute atomic E-state index is 0.243. The number of hydrogen-bond donors (Lipinski definition) is 0. The van der Waals surface area contributed by atoms with Crippen LogP contribution in [0.4, 0.5) is 0 Å². The van der Waals surface area contributed by atoms with Crippen molar-refractivity contribution in [2.75, 3.05) is 0 Å². The third kappa shape index (κ3) is 2.87. The molecule has 0 N–H and O–H groups in total. The molecule has 0 bridgehead atoms. The summed E-state index contributed by atoms with van der Waals surface area (Å²) < 4.78 is 0. The molecule has 0 aromatic heterocycles. The quantitative estimate of drug-likeness (QED) is 0.610. The van der Waals surface area contributed by atoms with E-state index in [2.05, 4.69) is 77.1 Å². The van der Waals surface area contributed by atoms with E-state index in [0.29, 0.717) is 0 Å². The first-order chi connectivity index (χ1) is 11.0. The monoisotopic (exact) mass is 304 g/mol. The summed E-state index contributed by atoms with van der Waals surface area (Å²) in [5, 5.41) is 0. The zero-order valence-electron chi connectivity index (χ0n) is 15.2. The summed E-state index contributed by atoms with van der Waals surface area (Å²) in [6.45, 7) is 11.5. The molecule has 0 aliphatic heterocycles. The van der Waals surface area contributed by atoms with Gasteiger partial charge in [-0.3, -0.25) is 0 Å². The number of hydrogen-bond acceptors (Lipinski definition) is 0. The average molecular weight is 304 g/mol. The van der Waals surface area contributed by atoms with E-state index in [1.807, 2.05) is 0 Å². The average Bonchev–Trinajstić information content (AvgIpc) is 2.98. The van der Waals surface area contributed by atoms with Gasteiger partial charge >= 0.3 is 0 Å². The fraction of sp³-hybridized carbons (Fsp3) is 0.391. The molecule has 3 rings (SSSR count). The summed E-state index contributed by atoms with van der Waals surface area (Å²) in [5.74, 6) is 0. The Labute approximate surface area is 141 Å². The lowest BCUT2D eigenvalue weighted by molar-refractivity contribution is 0.498. The van der Waals surface area contributed by atoms with Crippen molar-refractivity contribution in [1.29, 1.82) is 0 Å². The van der Waals surface area contributed by atoms with Crippen LogP contribution in [0.1, 0.15) is 56.9 Å². The molecule has 120 valence electrons.